The van der Waals surface area contributed by atoms with Gasteiger partial charge in [-0.1, -0.05) is 5.04 Å². The van der Waals surface area contributed by atoms with Crippen LogP contribution >= 0.6 is 0 Å². The van der Waals surface area contributed by atoms with Crippen LogP contribution < -0.4 is 0 Å². The highest BCUT2D eigenvalue weighted by Crippen LogP contribution is 2.27. The Kier molecular flexibility index (Phi) is 1.41. The van der Waals surface area contributed by atoms with E-state index < -0.39 is 0 Å². The van der Waals surface area contributed by atoms with E-state index in [0.717, 1.165) is 25.7 Å². The molecular formula is C6H10O3. The summed E-state index contributed by atoms with van der Waals surface area (Å²) < 4.78 is 0. The van der Waals surface area contributed by atoms with Crippen molar-refractivity contribution in [2.75, 3.05) is 0 Å². The van der Waals surface area contributed by atoms with Gasteiger partial charge in [0.1, 0.15) is 0 Å². The summed E-state index contributed by atoms with van der Waals surface area (Å²) in [5, 5.41) is 4.48. The summed E-state index contributed by atoms with van der Waals surface area (Å²) in [4.78, 5) is 9.56. The summed E-state index contributed by atoms with van der Waals surface area (Å²) >= 11 is 0. The molecule has 0 saturated heterocycles. The summed E-state index contributed by atoms with van der Waals surface area (Å²) in [5.41, 5.74) is 0. The second-order valence-corrected chi connectivity index (χ2v) is 2.66. The Labute approximate surface area is 53.8 Å². The standard InChI is InChI=1S/C6H10O3/c1-2-5(1)7-9-8-6-3-4-6/h5-6H,1-4H2. The van der Waals surface area contributed by atoms with E-state index >= 15 is 0 Å². The van der Waals surface area contributed by atoms with Gasteiger partial charge in [0.15, 0.2) is 0 Å². The molecule has 0 aromatic heterocycles. The van der Waals surface area contributed by atoms with Crippen molar-refractivity contribution in [3.63, 3.8) is 0 Å². The minimum absolute atomic E-state index is 0.323. The first-order valence-electron chi connectivity index (χ1n) is 3.44. The molecule has 2 aliphatic carbocycles. The Balaban J connectivity index is 1.46. The van der Waals surface area contributed by atoms with Crippen molar-refractivity contribution < 1.29 is 14.8 Å². The van der Waals surface area contributed by atoms with Gasteiger partial charge in [0, 0.05) is 0 Å². The summed E-state index contributed by atoms with van der Waals surface area (Å²) in [5.74, 6) is 0. The van der Waals surface area contributed by atoms with Gasteiger partial charge in [-0.3, -0.25) is 0 Å². The third kappa shape index (κ3) is 1.93. The highest BCUT2D eigenvalue weighted by Gasteiger charge is 2.27. The highest BCUT2D eigenvalue weighted by molar-refractivity contribution is 4.72. The third-order valence-corrected chi connectivity index (χ3v) is 1.40. The smallest absolute Gasteiger partial charge is 0.0963 e. The van der Waals surface area contributed by atoms with Crippen LogP contribution in [0.3, 0.4) is 0 Å². The van der Waals surface area contributed by atoms with E-state index in [0.29, 0.717) is 12.2 Å². The normalized spacial score (nSPS) is 26.7. The van der Waals surface area contributed by atoms with Crippen molar-refractivity contribution in [1.82, 2.24) is 0 Å². The number of hydrogen-bond donors (Lipinski definition) is 0. The van der Waals surface area contributed by atoms with Gasteiger partial charge in [-0.15, -0.1) is 0 Å². The zero-order valence-electron chi connectivity index (χ0n) is 5.21. The fraction of sp³-hybridized carbons (Fsp3) is 1.00. The van der Waals surface area contributed by atoms with Crippen LogP contribution in [0, 0.1) is 0 Å². The second kappa shape index (κ2) is 2.25. The van der Waals surface area contributed by atoms with Crippen LogP contribution in [-0.2, 0) is 14.8 Å². The molecule has 3 nitrogen and oxygen atoms in total. The van der Waals surface area contributed by atoms with Gasteiger partial charge in [-0.2, -0.15) is 0 Å². The monoisotopic (exact) mass is 130 g/mol. The van der Waals surface area contributed by atoms with Gasteiger partial charge in [-0.25, -0.2) is 9.78 Å². The molecule has 0 unspecified atom stereocenters. The molecule has 0 spiro atoms. The minimum Gasteiger partial charge on any atom is -0.203 e. The molecule has 9 heavy (non-hydrogen) atoms. The van der Waals surface area contributed by atoms with Crippen LogP contribution in [0.5, 0.6) is 0 Å². The highest BCUT2D eigenvalue weighted by atomic mass is 17.5. The van der Waals surface area contributed by atoms with Crippen molar-refractivity contribution in [2.24, 2.45) is 0 Å². The molecule has 0 bridgehead atoms. The quantitative estimate of drug-likeness (QED) is 0.422. The van der Waals surface area contributed by atoms with Gasteiger partial charge < -0.3 is 0 Å². The minimum atomic E-state index is 0.323. The average molecular weight is 130 g/mol. The predicted molar refractivity (Wildman–Crippen MR) is 29.3 cm³/mol. The van der Waals surface area contributed by atoms with Crippen LogP contribution in [0.4, 0.5) is 0 Å². The van der Waals surface area contributed by atoms with Gasteiger partial charge >= 0.3 is 0 Å². The zero-order chi connectivity index (χ0) is 6.10. The fourth-order valence-corrected chi connectivity index (χ4v) is 0.462. The van der Waals surface area contributed by atoms with Crippen LogP contribution in [0.25, 0.3) is 0 Å². The van der Waals surface area contributed by atoms with E-state index in [1.54, 1.807) is 0 Å². The van der Waals surface area contributed by atoms with Crippen molar-refractivity contribution in [1.29, 1.82) is 0 Å². The molecule has 0 aliphatic heterocycles. The van der Waals surface area contributed by atoms with Crippen LogP contribution in [0.15, 0.2) is 0 Å². The van der Waals surface area contributed by atoms with Crippen molar-refractivity contribution in [3.05, 3.63) is 0 Å². The molecule has 0 N–H and O–H groups in total. The van der Waals surface area contributed by atoms with E-state index in [1.807, 2.05) is 0 Å². The molecule has 2 fully saturated rings. The Morgan fingerprint density at radius 1 is 0.778 bits per heavy atom. The summed E-state index contributed by atoms with van der Waals surface area (Å²) in [7, 11) is 0. The third-order valence-electron chi connectivity index (χ3n) is 1.40. The maximum Gasteiger partial charge on any atom is 0.0963 e. The topological polar surface area (TPSA) is 27.7 Å². The predicted octanol–water partition coefficient (Wildman–Crippen LogP) is 1.19. The largest absolute Gasteiger partial charge is 0.203 e. The fourth-order valence-electron chi connectivity index (χ4n) is 0.462. The molecule has 0 aromatic rings. The van der Waals surface area contributed by atoms with Gasteiger partial charge in [-0.05, 0) is 25.7 Å². The first-order chi connectivity index (χ1) is 4.45. The lowest BCUT2D eigenvalue weighted by Crippen LogP contribution is -1.99. The molecule has 0 amide bonds. The van der Waals surface area contributed by atoms with Crippen LogP contribution in [0.2, 0.25) is 0 Å². The molecule has 3 heteroatoms. The maximum absolute atomic E-state index is 4.78. The van der Waals surface area contributed by atoms with Crippen molar-refractivity contribution in [2.45, 2.75) is 37.9 Å². The number of hydrogen-bond acceptors (Lipinski definition) is 3. The second-order valence-electron chi connectivity index (χ2n) is 2.66. The molecule has 0 aromatic carbocycles. The van der Waals surface area contributed by atoms with Crippen molar-refractivity contribution in [3.8, 4) is 0 Å². The Morgan fingerprint density at radius 2 is 1.22 bits per heavy atom. The molecule has 0 heterocycles. The molecule has 52 valence electrons. The lowest BCUT2D eigenvalue weighted by atomic mass is 10.9. The summed E-state index contributed by atoms with van der Waals surface area (Å²) in [6.45, 7) is 0. The molecule has 0 radical (unpaired) electrons. The van der Waals surface area contributed by atoms with Crippen molar-refractivity contribution >= 4 is 0 Å². The van der Waals surface area contributed by atoms with E-state index in [4.69, 9.17) is 9.78 Å². The van der Waals surface area contributed by atoms with E-state index in [9.17, 15) is 0 Å². The van der Waals surface area contributed by atoms with Gasteiger partial charge in [0.25, 0.3) is 0 Å². The molecular weight excluding hydrogens is 120 g/mol. The Morgan fingerprint density at radius 3 is 1.56 bits per heavy atom. The summed E-state index contributed by atoms with van der Waals surface area (Å²) in [6, 6.07) is 0. The Bertz CT molecular complexity index is 84.5. The van der Waals surface area contributed by atoms with Gasteiger partial charge in [0.2, 0.25) is 0 Å². The molecule has 2 saturated carbocycles. The maximum atomic E-state index is 4.78. The first-order valence-corrected chi connectivity index (χ1v) is 3.44. The SMILES string of the molecule is C1CC1OOOC1CC1. The van der Waals surface area contributed by atoms with E-state index in [-0.39, 0.29) is 0 Å². The molecule has 2 aliphatic rings. The first kappa shape index (κ1) is 5.65. The molecule has 2 rings (SSSR count). The summed E-state index contributed by atoms with van der Waals surface area (Å²) in [6.07, 6.45) is 5.12. The van der Waals surface area contributed by atoms with Crippen LogP contribution in [-0.4, -0.2) is 12.2 Å². The zero-order valence-corrected chi connectivity index (χ0v) is 5.21. The Hall–Kier alpha value is -0.120. The molecule has 0 atom stereocenters. The average Bonchev–Trinajstić information content (AvgIpc) is 2.57. The lowest BCUT2D eigenvalue weighted by molar-refractivity contribution is -0.521. The van der Waals surface area contributed by atoms with E-state index in [2.05, 4.69) is 5.04 Å². The lowest BCUT2D eigenvalue weighted by Gasteiger charge is -1.97. The van der Waals surface area contributed by atoms with E-state index in [1.165, 1.54) is 0 Å². The number of rotatable bonds is 4. The van der Waals surface area contributed by atoms with Gasteiger partial charge in [0.05, 0.1) is 12.2 Å². The van der Waals surface area contributed by atoms with Crippen LogP contribution in [0.1, 0.15) is 25.7 Å².